The molecule has 154 valence electrons. The molecule has 2 heteroatoms. The van der Waals surface area contributed by atoms with Crippen LogP contribution in [0.25, 0.3) is 0 Å². The van der Waals surface area contributed by atoms with Crippen molar-refractivity contribution in [2.45, 2.75) is 78.6 Å². The normalized spacial score (nSPS) is 11.0. The Labute approximate surface area is 172 Å². The van der Waals surface area contributed by atoms with E-state index >= 15 is 0 Å². The number of hydrogen-bond donors (Lipinski definition) is 1. The average molecular weight is 382 g/mol. The first-order chi connectivity index (χ1) is 13.7. The third-order valence-electron chi connectivity index (χ3n) is 5.67. The molecule has 0 bridgehead atoms. The van der Waals surface area contributed by atoms with E-state index in [-0.39, 0.29) is 0 Å². The fourth-order valence-corrected chi connectivity index (χ4v) is 3.86. The summed E-state index contributed by atoms with van der Waals surface area (Å²) in [4.78, 5) is 2.35. The first-order valence-corrected chi connectivity index (χ1v) is 11.3. The fraction of sp³-hybridized carbons (Fsp3) is 0.538. The second kappa shape index (κ2) is 12.5. The topological polar surface area (TPSA) is 23.5 Å². The molecule has 1 N–H and O–H groups in total. The zero-order valence-corrected chi connectivity index (χ0v) is 18.2. The molecule has 0 fully saturated rings. The highest BCUT2D eigenvalue weighted by Crippen LogP contribution is 2.24. The number of aromatic hydroxyl groups is 1. The van der Waals surface area contributed by atoms with Gasteiger partial charge in [0.05, 0.1) is 0 Å². The van der Waals surface area contributed by atoms with Gasteiger partial charge in [-0.3, -0.25) is 0 Å². The van der Waals surface area contributed by atoms with Gasteiger partial charge in [0.2, 0.25) is 0 Å². The van der Waals surface area contributed by atoms with Gasteiger partial charge in [0.15, 0.2) is 0 Å². The molecule has 0 saturated heterocycles. The van der Waals surface area contributed by atoms with Crippen LogP contribution in [0.2, 0.25) is 0 Å². The van der Waals surface area contributed by atoms with Gasteiger partial charge in [-0.1, -0.05) is 69.7 Å². The molecule has 0 radical (unpaired) electrons. The van der Waals surface area contributed by atoms with Crippen molar-refractivity contribution in [3.63, 3.8) is 0 Å². The lowest BCUT2D eigenvalue weighted by molar-refractivity contribution is 0.469. The summed E-state index contributed by atoms with van der Waals surface area (Å²) in [6.07, 6.45) is 11.2. The quantitative estimate of drug-likeness (QED) is 0.373. The van der Waals surface area contributed by atoms with E-state index in [0.29, 0.717) is 5.75 Å². The van der Waals surface area contributed by atoms with Gasteiger partial charge >= 0.3 is 0 Å². The van der Waals surface area contributed by atoms with E-state index < -0.39 is 0 Å². The smallest absolute Gasteiger partial charge is 0.119 e. The van der Waals surface area contributed by atoms with Gasteiger partial charge in [0.1, 0.15) is 5.75 Å². The molecular formula is C26H39NO. The van der Waals surface area contributed by atoms with Gasteiger partial charge in [-0.25, -0.2) is 0 Å². The van der Waals surface area contributed by atoms with E-state index in [2.05, 4.69) is 62.1 Å². The average Bonchev–Trinajstić information content (AvgIpc) is 2.72. The molecule has 0 heterocycles. The Kier molecular flexibility index (Phi) is 9.96. The van der Waals surface area contributed by atoms with Crippen LogP contribution in [-0.4, -0.2) is 18.2 Å². The minimum atomic E-state index is 0.413. The summed E-state index contributed by atoms with van der Waals surface area (Å²) >= 11 is 0. The molecule has 0 atom stereocenters. The molecule has 0 aliphatic heterocycles. The Morgan fingerprint density at radius 3 is 1.96 bits per heavy atom. The van der Waals surface area contributed by atoms with Crippen LogP contribution in [0.5, 0.6) is 5.75 Å². The zero-order chi connectivity index (χ0) is 20.2. The van der Waals surface area contributed by atoms with E-state index in [1.54, 1.807) is 0 Å². The predicted molar refractivity (Wildman–Crippen MR) is 123 cm³/mol. The summed E-state index contributed by atoms with van der Waals surface area (Å²) in [6.45, 7) is 8.69. The third kappa shape index (κ3) is 7.22. The highest BCUT2D eigenvalue weighted by Gasteiger charge is 2.06. The molecule has 0 spiro atoms. The lowest BCUT2D eigenvalue weighted by Crippen LogP contribution is -2.21. The van der Waals surface area contributed by atoms with Crippen LogP contribution in [-0.2, 0) is 12.8 Å². The van der Waals surface area contributed by atoms with E-state index in [1.807, 2.05) is 6.07 Å². The van der Waals surface area contributed by atoms with Crippen LogP contribution in [0.1, 0.15) is 82.4 Å². The highest BCUT2D eigenvalue weighted by atomic mass is 16.3. The van der Waals surface area contributed by atoms with Crippen molar-refractivity contribution in [3.8, 4) is 5.75 Å². The van der Waals surface area contributed by atoms with Gasteiger partial charge in [-0.05, 0) is 61.6 Å². The number of unbranched alkanes of at least 4 members (excludes halogenated alkanes) is 6. The monoisotopic (exact) mass is 381 g/mol. The van der Waals surface area contributed by atoms with Gasteiger partial charge in [-0.15, -0.1) is 0 Å². The van der Waals surface area contributed by atoms with Crippen LogP contribution in [0.4, 0.5) is 5.69 Å². The van der Waals surface area contributed by atoms with Crippen molar-refractivity contribution < 1.29 is 5.11 Å². The maximum absolute atomic E-state index is 10.3. The molecule has 0 unspecified atom stereocenters. The number of aryl methyl sites for hydroxylation is 1. The summed E-state index contributed by atoms with van der Waals surface area (Å²) in [7, 11) is 0. The van der Waals surface area contributed by atoms with Crippen molar-refractivity contribution in [1.82, 2.24) is 0 Å². The standard InChI is InChI=1S/C26H39NO/c1-4-7-8-9-10-11-12-13-22-16-19-26(28)24(20-22)21-23-14-17-25(18-15-23)27(5-2)6-3/h14-20,28H,4-13,21H2,1-3H3. The summed E-state index contributed by atoms with van der Waals surface area (Å²) in [5.41, 5.74) is 4.90. The summed E-state index contributed by atoms with van der Waals surface area (Å²) < 4.78 is 0. The number of anilines is 1. The first kappa shape index (κ1) is 22.3. The van der Waals surface area contributed by atoms with Crippen molar-refractivity contribution >= 4 is 5.69 Å². The molecule has 28 heavy (non-hydrogen) atoms. The molecular weight excluding hydrogens is 342 g/mol. The summed E-state index contributed by atoms with van der Waals surface area (Å²) in [6, 6.07) is 14.9. The van der Waals surface area contributed by atoms with E-state index in [1.165, 1.54) is 61.8 Å². The molecule has 2 aromatic rings. The predicted octanol–water partition coefficient (Wildman–Crippen LogP) is 7.12. The molecule has 0 amide bonds. The van der Waals surface area contributed by atoms with Gasteiger partial charge in [0, 0.05) is 25.2 Å². The molecule has 0 aromatic heterocycles. The first-order valence-electron chi connectivity index (χ1n) is 11.3. The minimum absolute atomic E-state index is 0.413. The van der Waals surface area contributed by atoms with Crippen LogP contribution >= 0.6 is 0 Å². The van der Waals surface area contributed by atoms with Crippen LogP contribution < -0.4 is 4.90 Å². The summed E-state index contributed by atoms with van der Waals surface area (Å²) in [5.74, 6) is 0.413. The number of rotatable bonds is 13. The zero-order valence-electron chi connectivity index (χ0n) is 18.2. The van der Waals surface area contributed by atoms with Crippen molar-refractivity contribution in [3.05, 3.63) is 59.2 Å². The molecule has 0 aliphatic carbocycles. The Morgan fingerprint density at radius 1 is 0.714 bits per heavy atom. The molecule has 2 nitrogen and oxygen atoms in total. The Hall–Kier alpha value is -1.96. The van der Waals surface area contributed by atoms with Gasteiger partial charge < -0.3 is 10.0 Å². The molecule has 2 aromatic carbocycles. The second-order valence-electron chi connectivity index (χ2n) is 7.85. The Morgan fingerprint density at radius 2 is 1.32 bits per heavy atom. The number of phenols is 1. The fourth-order valence-electron chi connectivity index (χ4n) is 3.86. The molecule has 0 saturated carbocycles. The van der Waals surface area contributed by atoms with Crippen molar-refractivity contribution in [1.29, 1.82) is 0 Å². The number of hydrogen-bond acceptors (Lipinski definition) is 2. The number of benzene rings is 2. The molecule has 0 aliphatic rings. The van der Waals surface area contributed by atoms with E-state index in [0.717, 1.165) is 31.5 Å². The number of nitrogens with zero attached hydrogens (tertiary/aromatic N) is 1. The molecule has 2 rings (SSSR count). The minimum Gasteiger partial charge on any atom is -0.508 e. The van der Waals surface area contributed by atoms with Gasteiger partial charge in [-0.2, -0.15) is 0 Å². The number of phenolic OH excluding ortho intramolecular Hbond substituents is 1. The van der Waals surface area contributed by atoms with Gasteiger partial charge in [0.25, 0.3) is 0 Å². The third-order valence-corrected chi connectivity index (χ3v) is 5.67. The Balaban J connectivity index is 1.88. The lowest BCUT2D eigenvalue weighted by atomic mass is 9.98. The largest absolute Gasteiger partial charge is 0.508 e. The van der Waals surface area contributed by atoms with Crippen LogP contribution in [0.3, 0.4) is 0 Å². The SMILES string of the molecule is CCCCCCCCCc1ccc(O)c(Cc2ccc(N(CC)CC)cc2)c1. The maximum atomic E-state index is 10.3. The van der Waals surface area contributed by atoms with E-state index in [4.69, 9.17) is 0 Å². The van der Waals surface area contributed by atoms with Crippen molar-refractivity contribution in [2.24, 2.45) is 0 Å². The maximum Gasteiger partial charge on any atom is 0.119 e. The summed E-state index contributed by atoms with van der Waals surface area (Å²) in [5, 5.41) is 10.3. The lowest BCUT2D eigenvalue weighted by Gasteiger charge is -2.21. The van der Waals surface area contributed by atoms with Crippen LogP contribution in [0.15, 0.2) is 42.5 Å². The van der Waals surface area contributed by atoms with Crippen LogP contribution in [0, 0.1) is 0 Å². The van der Waals surface area contributed by atoms with E-state index in [9.17, 15) is 5.11 Å². The Bertz CT molecular complexity index is 673. The van der Waals surface area contributed by atoms with Crippen molar-refractivity contribution in [2.75, 3.05) is 18.0 Å². The second-order valence-corrected chi connectivity index (χ2v) is 7.85. The highest BCUT2D eigenvalue weighted by molar-refractivity contribution is 5.49.